The Morgan fingerprint density at radius 2 is 1.88 bits per heavy atom. The molecule has 0 aliphatic carbocycles. The zero-order valence-electron chi connectivity index (χ0n) is 16.3. The van der Waals surface area contributed by atoms with Gasteiger partial charge in [-0.1, -0.05) is 35.9 Å². The van der Waals surface area contributed by atoms with Gasteiger partial charge in [0, 0.05) is 31.7 Å². The summed E-state index contributed by atoms with van der Waals surface area (Å²) in [5, 5.41) is 10.9. The van der Waals surface area contributed by atoms with Crippen molar-refractivity contribution in [1.82, 2.24) is 9.80 Å². The van der Waals surface area contributed by atoms with Gasteiger partial charge in [0.15, 0.2) is 0 Å². The van der Waals surface area contributed by atoms with Crippen molar-refractivity contribution in [2.45, 2.75) is 32.5 Å². The van der Waals surface area contributed by atoms with E-state index >= 15 is 0 Å². The van der Waals surface area contributed by atoms with Crippen LogP contribution in [0.1, 0.15) is 29.2 Å². The molecule has 0 amide bonds. The van der Waals surface area contributed by atoms with Crippen LogP contribution in [0.5, 0.6) is 5.75 Å². The van der Waals surface area contributed by atoms with Gasteiger partial charge in [-0.05, 0) is 51.2 Å². The second-order valence-electron chi connectivity index (χ2n) is 7.88. The summed E-state index contributed by atoms with van der Waals surface area (Å²) in [4.78, 5) is 4.41. The monoisotopic (exact) mass is 354 g/mol. The van der Waals surface area contributed by atoms with Crippen LogP contribution < -0.4 is 4.74 Å². The Labute approximate surface area is 157 Å². The molecule has 0 saturated heterocycles. The number of hydrogen-bond acceptors (Lipinski definition) is 4. The van der Waals surface area contributed by atoms with E-state index in [1.54, 1.807) is 0 Å². The second kappa shape index (κ2) is 7.78. The molecule has 26 heavy (non-hydrogen) atoms. The van der Waals surface area contributed by atoms with Crippen LogP contribution in [-0.4, -0.2) is 48.7 Å². The van der Waals surface area contributed by atoms with Crippen molar-refractivity contribution in [3.05, 3.63) is 64.7 Å². The van der Waals surface area contributed by atoms with E-state index in [0.717, 1.165) is 36.5 Å². The Kier molecular flexibility index (Phi) is 5.66. The van der Waals surface area contributed by atoms with Crippen molar-refractivity contribution >= 4 is 0 Å². The fourth-order valence-corrected chi connectivity index (χ4v) is 3.58. The highest BCUT2D eigenvalue weighted by Gasteiger charge is 2.26. The van der Waals surface area contributed by atoms with Gasteiger partial charge >= 0.3 is 0 Å². The molecule has 2 aromatic rings. The number of benzene rings is 2. The molecule has 1 unspecified atom stereocenters. The normalized spacial score (nSPS) is 17.3. The molecule has 1 aliphatic heterocycles. The average Bonchev–Trinajstić information content (AvgIpc) is 2.76. The van der Waals surface area contributed by atoms with Gasteiger partial charge in [0.2, 0.25) is 0 Å². The van der Waals surface area contributed by atoms with Crippen molar-refractivity contribution in [2.75, 3.05) is 33.8 Å². The molecular formula is C22H30N2O2. The number of aliphatic hydroxyl groups is 1. The van der Waals surface area contributed by atoms with Gasteiger partial charge < -0.3 is 14.7 Å². The van der Waals surface area contributed by atoms with Crippen molar-refractivity contribution in [3.8, 4) is 5.75 Å². The number of hydrogen-bond donors (Lipinski definition) is 1. The SMILES string of the molecule is Cc1ccc(CN2CCOc3ccc(C(C)(O)CN(C)C)cc3C2)cc1. The first kappa shape index (κ1) is 18.9. The molecule has 140 valence electrons. The van der Waals surface area contributed by atoms with Gasteiger partial charge in [-0.2, -0.15) is 0 Å². The fourth-order valence-electron chi connectivity index (χ4n) is 3.58. The van der Waals surface area contributed by atoms with Crippen LogP contribution in [0.3, 0.4) is 0 Å². The maximum absolute atomic E-state index is 10.9. The van der Waals surface area contributed by atoms with E-state index in [2.05, 4.69) is 42.2 Å². The minimum absolute atomic E-state index is 0.583. The van der Waals surface area contributed by atoms with Crippen LogP contribution in [-0.2, 0) is 18.7 Å². The van der Waals surface area contributed by atoms with Crippen LogP contribution in [0.4, 0.5) is 0 Å². The van der Waals surface area contributed by atoms with E-state index < -0.39 is 5.60 Å². The molecule has 0 saturated carbocycles. The largest absolute Gasteiger partial charge is 0.492 e. The minimum atomic E-state index is -0.882. The standard InChI is InChI=1S/C22H30N2O2/c1-17-5-7-18(8-6-17)14-24-11-12-26-21-10-9-20(13-19(21)15-24)22(2,25)16-23(3)4/h5-10,13,25H,11-12,14-16H2,1-4H3. The molecular weight excluding hydrogens is 324 g/mol. The lowest BCUT2D eigenvalue weighted by Crippen LogP contribution is -2.34. The van der Waals surface area contributed by atoms with Gasteiger partial charge in [0.05, 0.1) is 5.60 Å². The molecule has 4 heteroatoms. The zero-order chi connectivity index (χ0) is 18.7. The first-order chi connectivity index (χ1) is 12.3. The van der Waals surface area contributed by atoms with Gasteiger partial charge in [-0.3, -0.25) is 4.90 Å². The number of nitrogens with zero attached hydrogens (tertiary/aromatic N) is 2. The van der Waals surface area contributed by atoms with Crippen molar-refractivity contribution in [1.29, 1.82) is 0 Å². The summed E-state index contributed by atoms with van der Waals surface area (Å²) in [5.41, 5.74) is 3.80. The van der Waals surface area contributed by atoms with Gasteiger partial charge in [0.1, 0.15) is 12.4 Å². The van der Waals surface area contributed by atoms with E-state index in [0.29, 0.717) is 13.2 Å². The molecule has 0 aromatic heterocycles. The smallest absolute Gasteiger partial charge is 0.123 e. The van der Waals surface area contributed by atoms with Crippen molar-refractivity contribution in [2.24, 2.45) is 0 Å². The number of rotatable bonds is 5. The average molecular weight is 354 g/mol. The summed E-state index contributed by atoms with van der Waals surface area (Å²) < 4.78 is 5.95. The number of fused-ring (bicyclic) bond motifs is 1. The van der Waals surface area contributed by atoms with E-state index in [4.69, 9.17) is 4.74 Å². The summed E-state index contributed by atoms with van der Waals surface area (Å²) >= 11 is 0. The lowest BCUT2D eigenvalue weighted by molar-refractivity contribution is 0.0299. The van der Waals surface area contributed by atoms with Crippen LogP contribution in [0.15, 0.2) is 42.5 Å². The molecule has 0 spiro atoms. The molecule has 3 rings (SSSR count). The third-order valence-electron chi connectivity index (χ3n) is 4.89. The third-order valence-corrected chi connectivity index (χ3v) is 4.89. The van der Waals surface area contributed by atoms with Gasteiger partial charge in [0.25, 0.3) is 0 Å². The highest BCUT2D eigenvalue weighted by molar-refractivity contribution is 5.40. The summed E-state index contributed by atoms with van der Waals surface area (Å²) in [6.07, 6.45) is 0. The lowest BCUT2D eigenvalue weighted by atomic mass is 9.93. The topological polar surface area (TPSA) is 35.9 Å². The van der Waals surface area contributed by atoms with Gasteiger partial charge in [-0.15, -0.1) is 0 Å². The molecule has 0 radical (unpaired) electrons. The quantitative estimate of drug-likeness (QED) is 0.895. The summed E-state index contributed by atoms with van der Waals surface area (Å²) in [6, 6.07) is 14.8. The Morgan fingerprint density at radius 1 is 1.15 bits per heavy atom. The summed E-state index contributed by atoms with van der Waals surface area (Å²) in [7, 11) is 3.95. The molecule has 1 N–H and O–H groups in total. The number of likely N-dealkylation sites (N-methyl/N-ethyl adjacent to an activating group) is 1. The Hall–Kier alpha value is -1.88. The summed E-state index contributed by atoms with van der Waals surface area (Å²) in [5.74, 6) is 0.931. The number of aryl methyl sites for hydroxylation is 1. The summed E-state index contributed by atoms with van der Waals surface area (Å²) in [6.45, 7) is 7.88. The molecule has 0 bridgehead atoms. The second-order valence-corrected chi connectivity index (χ2v) is 7.88. The van der Waals surface area contributed by atoms with E-state index in [9.17, 15) is 5.11 Å². The fraction of sp³-hybridized carbons (Fsp3) is 0.455. The lowest BCUT2D eigenvalue weighted by Gasteiger charge is -2.28. The molecule has 1 heterocycles. The highest BCUT2D eigenvalue weighted by atomic mass is 16.5. The Bertz CT molecular complexity index is 738. The highest BCUT2D eigenvalue weighted by Crippen LogP contribution is 2.30. The first-order valence-electron chi connectivity index (χ1n) is 9.25. The molecule has 4 nitrogen and oxygen atoms in total. The zero-order valence-corrected chi connectivity index (χ0v) is 16.3. The first-order valence-corrected chi connectivity index (χ1v) is 9.25. The third kappa shape index (κ3) is 4.64. The Morgan fingerprint density at radius 3 is 2.58 bits per heavy atom. The molecule has 2 aromatic carbocycles. The maximum Gasteiger partial charge on any atom is 0.123 e. The Balaban J connectivity index is 1.79. The molecule has 1 aliphatic rings. The number of ether oxygens (including phenoxy) is 1. The predicted octanol–water partition coefficient (Wildman–Crippen LogP) is 3.16. The predicted molar refractivity (Wildman–Crippen MR) is 105 cm³/mol. The van der Waals surface area contributed by atoms with E-state index in [1.807, 2.05) is 38.1 Å². The van der Waals surface area contributed by atoms with Crippen LogP contribution in [0.25, 0.3) is 0 Å². The van der Waals surface area contributed by atoms with E-state index in [-0.39, 0.29) is 0 Å². The van der Waals surface area contributed by atoms with Crippen LogP contribution >= 0.6 is 0 Å². The van der Waals surface area contributed by atoms with Crippen LogP contribution in [0.2, 0.25) is 0 Å². The van der Waals surface area contributed by atoms with Crippen molar-refractivity contribution in [3.63, 3.8) is 0 Å². The molecule has 0 fully saturated rings. The van der Waals surface area contributed by atoms with Crippen LogP contribution in [0, 0.1) is 6.92 Å². The molecule has 1 atom stereocenters. The van der Waals surface area contributed by atoms with Gasteiger partial charge in [-0.25, -0.2) is 0 Å². The van der Waals surface area contributed by atoms with E-state index in [1.165, 1.54) is 11.1 Å². The maximum atomic E-state index is 10.9. The minimum Gasteiger partial charge on any atom is -0.492 e. The van der Waals surface area contributed by atoms with Crippen molar-refractivity contribution < 1.29 is 9.84 Å².